The van der Waals surface area contributed by atoms with Crippen molar-refractivity contribution in [2.75, 3.05) is 12.4 Å². The SMILES string of the molecule is COC(=O)c1ccccc1Nc1ccc(OCc2ccccc2)cc1C(C)(C)C. The molecule has 3 aromatic rings. The fraction of sp³-hybridized carbons (Fsp3) is 0.240. The van der Waals surface area contributed by atoms with Crippen molar-refractivity contribution < 1.29 is 14.3 Å². The highest BCUT2D eigenvalue weighted by Crippen LogP contribution is 2.35. The van der Waals surface area contributed by atoms with E-state index in [0.717, 1.165) is 22.6 Å². The number of anilines is 2. The van der Waals surface area contributed by atoms with Crippen LogP contribution in [0, 0.1) is 0 Å². The predicted molar refractivity (Wildman–Crippen MR) is 117 cm³/mol. The molecule has 4 heteroatoms. The Balaban J connectivity index is 1.89. The largest absolute Gasteiger partial charge is 0.489 e. The Morgan fingerprint density at radius 3 is 2.28 bits per heavy atom. The first kappa shape index (κ1) is 20.5. The quantitative estimate of drug-likeness (QED) is 0.518. The van der Waals surface area contributed by atoms with Gasteiger partial charge in [-0.1, -0.05) is 63.2 Å². The highest BCUT2D eigenvalue weighted by Gasteiger charge is 2.20. The van der Waals surface area contributed by atoms with Crippen LogP contribution < -0.4 is 10.1 Å². The van der Waals surface area contributed by atoms with Gasteiger partial charge >= 0.3 is 5.97 Å². The molecular weight excluding hydrogens is 362 g/mol. The minimum Gasteiger partial charge on any atom is -0.489 e. The summed E-state index contributed by atoms with van der Waals surface area (Å²) in [5.74, 6) is 0.443. The van der Waals surface area contributed by atoms with E-state index in [2.05, 4.69) is 32.2 Å². The second kappa shape index (κ2) is 8.82. The number of hydrogen-bond donors (Lipinski definition) is 1. The lowest BCUT2D eigenvalue weighted by molar-refractivity contribution is 0.0602. The average molecular weight is 389 g/mol. The maximum absolute atomic E-state index is 12.1. The Hall–Kier alpha value is -3.27. The third-order valence-corrected chi connectivity index (χ3v) is 4.65. The van der Waals surface area contributed by atoms with Gasteiger partial charge in [0.2, 0.25) is 0 Å². The molecule has 0 unspecified atom stereocenters. The molecule has 3 rings (SSSR count). The summed E-state index contributed by atoms with van der Waals surface area (Å²) in [4.78, 5) is 12.1. The molecule has 0 radical (unpaired) electrons. The van der Waals surface area contributed by atoms with E-state index in [4.69, 9.17) is 9.47 Å². The number of rotatable bonds is 6. The zero-order valence-corrected chi connectivity index (χ0v) is 17.4. The molecule has 3 aromatic carbocycles. The molecule has 0 bridgehead atoms. The standard InChI is InChI=1S/C25H27NO3/c1-25(2,3)21-16-19(29-17-18-10-6-5-7-11-18)14-15-23(21)26-22-13-9-8-12-20(22)24(27)28-4/h5-16,26H,17H2,1-4H3. The molecule has 150 valence electrons. The summed E-state index contributed by atoms with van der Waals surface area (Å²) in [6.45, 7) is 6.98. The van der Waals surface area contributed by atoms with Crippen molar-refractivity contribution in [2.24, 2.45) is 0 Å². The molecule has 0 atom stereocenters. The minimum atomic E-state index is -0.367. The van der Waals surface area contributed by atoms with Crippen LogP contribution in [0.2, 0.25) is 0 Å². The lowest BCUT2D eigenvalue weighted by atomic mass is 9.85. The summed E-state index contributed by atoms with van der Waals surface area (Å²) in [6, 6.07) is 23.4. The summed E-state index contributed by atoms with van der Waals surface area (Å²) in [6.07, 6.45) is 0. The van der Waals surface area contributed by atoms with Crippen LogP contribution in [0.25, 0.3) is 0 Å². The Morgan fingerprint density at radius 1 is 0.897 bits per heavy atom. The first-order valence-electron chi connectivity index (χ1n) is 9.64. The third-order valence-electron chi connectivity index (χ3n) is 4.65. The Morgan fingerprint density at radius 2 is 1.59 bits per heavy atom. The molecule has 0 saturated heterocycles. The van der Waals surface area contributed by atoms with E-state index in [-0.39, 0.29) is 11.4 Å². The molecule has 0 heterocycles. The molecule has 0 spiro atoms. The highest BCUT2D eigenvalue weighted by atomic mass is 16.5. The van der Waals surface area contributed by atoms with Crippen LogP contribution in [-0.4, -0.2) is 13.1 Å². The van der Waals surface area contributed by atoms with Crippen molar-refractivity contribution in [2.45, 2.75) is 32.8 Å². The Bertz CT molecular complexity index is 975. The maximum Gasteiger partial charge on any atom is 0.339 e. The number of para-hydroxylation sites is 1. The van der Waals surface area contributed by atoms with Crippen LogP contribution in [0.3, 0.4) is 0 Å². The molecule has 1 N–H and O–H groups in total. The number of hydrogen-bond acceptors (Lipinski definition) is 4. The minimum absolute atomic E-state index is 0.116. The molecule has 29 heavy (non-hydrogen) atoms. The van der Waals surface area contributed by atoms with Crippen molar-refractivity contribution in [3.63, 3.8) is 0 Å². The lowest BCUT2D eigenvalue weighted by Crippen LogP contribution is -2.15. The lowest BCUT2D eigenvalue weighted by Gasteiger charge is -2.25. The van der Waals surface area contributed by atoms with Crippen molar-refractivity contribution in [1.29, 1.82) is 0 Å². The highest BCUT2D eigenvalue weighted by molar-refractivity contribution is 5.96. The van der Waals surface area contributed by atoms with Gasteiger partial charge in [-0.15, -0.1) is 0 Å². The van der Waals surface area contributed by atoms with E-state index < -0.39 is 0 Å². The van der Waals surface area contributed by atoms with Gasteiger partial charge < -0.3 is 14.8 Å². The fourth-order valence-corrected chi connectivity index (χ4v) is 3.11. The molecular formula is C25H27NO3. The topological polar surface area (TPSA) is 47.6 Å². The number of carbonyl (C=O) groups excluding carboxylic acids is 1. The van der Waals surface area contributed by atoms with Gasteiger partial charge in [0, 0.05) is 5.69 Å². The van der Waals surface area contributed by atoms with E-state index >= 15 is 0 Å². The van der Waals surface area contributed by atoms with Crippen LogP contribution >= 0.6 is 0 Å². The maximum atomic E-state index is 12.1. The number of methoxy groups -OCH3 is 1. The second-order valence-electron chi connectivity index (χ2n) is 7.89. The van der Waals surface area contributed by atoms with Gasteiger partial charge in [0.05, 0.1) is 18.4 Å². The monoisotopic (exact) mass is 389 g/mol. The summed E-state index contributed by atoms with van der Waals surface area (Å²) in [7, 11) is 1.39. The fourth-order valence-electron chi connectivity index (χ4n) is 3.11. The van der Waals surface area contributed by atoms with E-state index in [1.54, 1.807) is 6.07 Å². The van der Waals surface area contributed by atoms with Gasteiger partial charge in [0.25, 0.3) is 0 Å². The molecule has 0 aliphatic carbocycles. The van der Waals surface area contributed by atoms with Crippen molar-refractivity contribution in [3.8, 4) is 5.75 Å². The number of benzene rings is 3. The van der Waals surface area contributed by atoms with Crippen LogP contribution in [0.15, 0.2) is 72.8 Å². The van der Waals surface area contributed by atoms with E-state index in [0.29, 0.717) is 17.9 Å². The van der Waals surface area contributed by atoms with E-state index in [1.165, 1.54) is 7.11 Å². The molecule has 0 aliphatic rings. The zero-order chi connectivity index (χ0) is 20.9. The molecule has 0 amide bonds. The number of nitrogens with one attached hydrogen (secondary N) is 1. The average Bonchev–Trinajstić information content (AvgIpc) is 2.73. The number of carbonyl (C=O) groups is 1. The molecule has 0 saturated carbocycles. The number of ether oxygens (including phenoxy) is 2. The molecule has 4 nitrogen and oxygen atoms in total. The van der Waals surface area contributed by atoms with Gasteiger partial charge in [-0.3, -0.25) is 0 Å². The van der Waals surface area contributed by atoms with Gasteiger partial charge in [0.15, 0.2) is 0 Å². The Kier molecular flexibility index (Phi) is 6.23. The van der Waals surface area contributed by atoms with Gasteiger partial charge in [0.1, 0.15) is 12.4 Å². The van der Waals surface area contributed by atoms with Crippen LogP contribution in [0.5, 0.6) is 5.75 Å². The first-order valence-corrected chi connectivity index (χ1v) is 9.64. The van der Waals surface area contributed by atoms with Gasteiger partial charge in [-0.2, -0.15) is 0 Å². The number of esters is 1. The summed E-state index contributed by atoms with van der Waals surface area (Å²) in [5.41, 5.74) is 4.25. The molecule has 0 aliphatic heterocycles. The second-order valence-corrected chi connectivity index (χ2v) is 7.89. The molecule has 0 aromatic heterocycles. The Labute approximate surface area is 172 Å². The van der Waals surface area contributed by atoms with Crippen LogP contribution in [-0.2, 0) is 16.8 Å². The van der Waals surface area contributed by atoms with Gasteiger partial charge in [-0.05, 0) is 46.9 Å². The molecule has 0 fully saturated rings. The van der Waals surface area contributed by atoms with E-state index in [9.17, 15) is 4.79 Å². The predicted octanol–water partition coefficient (Wildman–Crippen LogP) is 6.09. The third kappa shape index (κ3) is 5.17. The zero-order valence-electron chi connectivity index (χ0n) is 17.4. The summed E-state index contributed by atoms with van der Waals surface area (Å²) in [5, 5.41) is 3.41. The normalized spacial score (nSPS) is 11.0. The smallest absolute Gasteiger partial charge is 0.339 e. The van der Waals surface area contributed by atoms with Gasteiger partial charge in [-0.25, -0.2) is 4.79 Å². The van der Waals surface area contributed by atoms with Crippen molar-refractivity contribution >= 4 is 17.3 Å². The van der Waals surface area contributed by atoms with E-state index in [1.807, 2.05) is 60.7 Å². The summed E-state index contributed by atoms with van der Waals surface area (Å²) < 4.78 is 10.9. The van der Waals surface area contributed by atoms with Crippen molar-refractivity contribution in [3.05, 3.63) is 89.5 Å². The van der Waals surface area contributed by atoms with Crippen molar-refractivity contribution in [1.82, 2.24) is 0 Å². The first-order chi connectivity index (χ1) is 13.9. The summed E-state index contributed by atoms with van der Waals surface area (Å²) >= 11 is 0. The van der Waals surface area contributed by atoms with Crippen LogP contribution in [0.4, 0.5) is 11.4 Å². The van der Waals surface area contributed by atoms with Crippen LogP contribution in [0.1, 0.15) is 42.3 Å².